The molecule has 1 unspecified atom stereocenters. The molecule has 0 aromatic carbocycles. The molecule has 68 valence electrons. The predicted molar refractivity (Wildman–Crippen MR) is 49.0 cm³/mol. The van der Waals surface area contributed by atoms with Crippen LogP contribution in [0.4, 0.5) is 0 Å². The molecule has 0 bridgehead atoms. The van der Waals surface area contributed by atoms with Gasteiger partial charge in [-0.05, 0) is 0 Å². The molecule has 3 heteroatoms. The maximum atomic E-state index is 6.04. The van der Waals surface area contributed by atoms with Gasteiger partial charge in [-0.25, -0.2) is 0 Å². The van der Waals surface area contributed by atoms with Crippen molar-refractivity contribution in [3.8, 4) is 0 Å². The molecule has 0 heterocycles. The fourth-order valence-electron chi connectivity index (χ4n) is 0.587. The Bertz CT molecular complexity index is 157. The first-order chi connectivity index (χ1) is 4.37. The maximum absolute atomic E-state index is 6.04. The molecule has 0 radical (unpaired) electrons. The van der Waals surface area contributed by atoms with E-state index < -0.39 is 4.69 Å². The zero-order chi connectivity index (χ0) is 8.41. The normalized spacial score (nSPS) is 19.0. The van der Waals surface area contributed by atoms with Crippen molar-refractivity contribution in [1.29, 1.82) is 0 Å². The summed E-state index contributed by atoms with van der Waals surface area (Å²) in [5.74, 6) is 0. The van der Waals surface area contributed by atoms with Gasteiger partial charge in [0.1, 0.15) is 0 Å². The standard InChI is InChI=1S/C7H17P.Au.ClH/c1-6-8(5)7(2,3)4;;/h6H2,1-5H3;;1H/q;+1;/p-1. The molecular weight excluding hydrogens is 347 g/mol. The molecule has 0 aromatic rings. The molecule has 0 rings (SSSR count). The van der Waals surface area contributed by atoms with Crippen molar-refractivity contribution in [2.75, 3.05) is 12.8 Å². The van der Waals surface area contributed by atoms with E-state index in [2.05, 4.69) is 34.4 Å². The monoisotopic (exact) mass is 364 g/mol. The molecule has 10 heavy (non-hydrogen) atoms. The van der Waals surface area contributed by atoms with Crippen molar-refractivity contribution in [3.05, 3.63) is 0 Å². The van der Waals surface area contributed by atoms with Gasteiger partial charge in [0.2, 0.25) is 0 Å². The first kappa shape index (κ1) is 11.5. The molecule has 0 saturated carbocycles. The van der Waals surface area contributed by atoms with Crippen molar-refractivity contribution < 1.29 is 17.6 Å². The fraction of sp³-hybridized carbons (Fsp3) is 1.00. The predicted octanol–water partition coefficient (Wildman–Crippen LogP) is 3.60. The third-order valence-corrected chi connectivity index (χ3v) is 20.5. The van der Waals surface area contributed by atoms with Crippen LogP contribution in [0.5, 0.6) is 0 Å². The van der Waals surface area contributed by atoms with Crippen LogP contribution in [0.25, 0.3) is 0 Å². The van der Waals surface area contributed by atoms with E-state index in [1.165, 1.54) is 6.16 Å². The molecule has 0 N–H and O–H groups in total. The summed E-state index contributed by atoms with van der Waals surface area (Å²) in [5.41, 5.74) is 0. The Morgan fingerprint density at radius 1 is 1.40 bits per heavy atom. The van der Waals surface area contributed by atoms with Crippen LogP contribution in [-0.4, -0.2) is 18.0 Å². The Kier molecular flexibility index (Phi) is 4.49. The van der Waals surface area contributed by atoms with Gasteiger partial charge >= 0.3 is 77.2 Å². The van der Waals surface area contributed by atoms with Crippen LogP contribution in [-0.2, 0) is 17.6 Å². The Morgan fingerprint density at radius 2 is 1.80 bits per heavy atom. The third kappa shape index (κ3) is 2.50. The number of hydrogen-bond donors (Lipinski definition) is 0. The Labute approximate surface area is 77.0 Å². The van der Waals surface area contributed by atoms with Crippen molar-refractivity contribution >= 4 is 13.9 Å². The van der Waals surface area contributed by atoms with E-state index in [-0.39, 0.29) is 17.6 Å². The van der Waals surface area contributed by atoms with E-state index in [1.807, 2.05) is 0 Å². The summed E-state index contributed by atoms with van der Waals surface area (Å²) < 4.78 is -0.752. The molecule has 0 aliphatic rings. The minimum atomic E-state index is -0.752. The van der Waals surface area contributed by atoms with Gasteiger partial charge in [0, 0.05) is 0 Å². The Morgan fingerprint density at radius 3 is 1.80 bits per heavy atom. The summed E-state index contributed by atoms with van der Waals surface area (Å²) in [5, 5.41) is 0.477. The molecule has 0 saturated heterocycles. The average molecular weight is 365 g/mol. The van der Waals surface area contributed by atoms with Gasteiger partial charge in [0.05, 0.1) is 0 Å². The van der Waals surface area contributed by atoms with E-state index >= 15 is 0 Å². The molecule has 0 nitrogen and oxygen atoms in total. The van der Waals surface area contributed by atoms with Crippen molar-refractivity contribution in [2.24, 2.45) is 0 Å². The van der Waals surface area contributed by atoms with Gasteiger partial charge in [0.25, 0.3) is 0 Å². The van der Waals surface area contributed by atoms with Crippen LogP contribution in [0.3, 0.4) is 0 Å². The second-order valence-electron chi connectivity index (χ2n) is 3.53. The molecular formula is C7H17AuClP. The zero-order valence-corrected chi connectivity index (χ0v) is 11.2. The SMILES string of the molecule is CC[P](C)(=[Au][Cl])C(C)(C)C. The molecule has 0 aromatic heterocycles. The van der Waals surface area contributed by atoms with Crippen LogP contribution < -0.4 is 0 Å². The van der Waals surface area contributed by atoms with Crippen molar-refractivity contribution in [2.45, 2.75) is 32.9 Å². The van der Waals surface area contributed by atoms with Crippen molar-refractivity contribution in [3.63, 3.8) is 0 Å². The summed E-state index contributed by atoms with van der Waals surface area (Å²) in [7, 11) is 6.04. The van der Waals surface area contributed by atoms with E-state index in [0.29, 0.717) is 5.16 Å². The Balaban J connectivity index is 4.70. The second kappa shape index (κ2) is 3.92. The molecule has 0 fully saturated rings. The summed E-state index contributed by atoms with van der Waals surface area (Å²) in [6.45, 7) is 11.6. The van der Waals surface area contributed by atoms with Crippen LogP contribution in [0, 0.1) is 0 Å². The third-order valence-electron chi connectivity index (χ3n) is 2.03. The summed E-state index contributed by atoms with van der Waals surface area (Å²) in [6.07, 6.45) is 1.31. The molecule has 0 aliphatic carbocycles. The first-order valence-corrected chi connectivity index (χ1v) is 11.3. The quantitative estimate of drug-likeness (QED) is 0.493. The fourth-order valence-corrected chi connectivity index (χ4v) is 9.71. The molecule has 0 amide bonds. The van der Waals surface area contributed by atoms with E-state index in [4.69, 9.17) is 9.19 Å². The number of halogens is 1. The van der Waals surface area contributed by atoms with Crippen LogP contribution >= 0.6 is 13.9 Å². The van der Waals surface area contributed by atoms with Crippen LogP contribution in [0.2, 0.25) is 0 Å². The summed E-state index contributed by atoms with van der Waals surface area (Å²) >= 11 is 0.0579. The van der Waals surface area contributed by atoms with Gasteiger partial charge in [-0.3, -0.25) is 0 Å². The van der Waals surface area contributed by atoms with Gasteiger partial charge in [0.15, 0.2) is 0 Å². The first-order valence-electron chi connectivity index (χ1n) is 3.44. The minimum absolute atomic E-state index is 0.0579. The number of hydrogen-bond acceptors (Lipinski definition) is 0. The molecule has 1 atom stereocenters. The molecule has 0 aliphatic heterocycles. The topological polar surface area (TPSA) is 0 Å². The van der Waals surface area contributed by atoms with Gasteiger partial charge in [-0.1, -0.05) is 0 Å². The zero-order valence-electron chi connectivity index (χ0n) is 7.33. The van der Waals surface area contributed by atoms with Crippen LogP contribution in [0.15, 0.2) is 0 Å². The van der Waals surface area contributed by atoms with Gasteiger partial charge < -0.3 is 0 Å². The number of rotatable bonds is 1. The van der Waals surface area contributed by atoms with E-state index in [0.717, 1.165) is 0 Å². The van der Waals surface area contributed by atoms with E-state index in [9.17, 15) is 0 Å². The van der Waals surface area contributed by atoms with Gasteiger partial charge in [-0.2, -0.15) is 0 Å². The van der Waals surface area contributed by atoms with Crippen LogP contribution in [0.1, 0.15) is 27.7 Å². The second-order valence-corrected chi connectivity index (χ2v) is 17.6. The average Bonchev–Trinajstić information content (AvgIpc) is 1.84. The van der Waals surface area contributed by atoms with Crippen molar-refractivity contribution in [1.82, 2.24) is 0 Å². The summed E-state index contributed by atoms with van der Waals surface area (Å²) in [6, 6.07) is 0. The summed E-state index contributed by atoms with van der Waals surface area (Å²) in [4.78, 5) is 0. The Hall–Kier alpha value is 1.46. The molecule has 0 spiro atoms. The van der Waals surface area contributed by atoms with Gasteiger partial charge in [-0.15, -0.1) is 0 Å². The van der Waals surface area contributed by atoms with E-state index in [1.54, 1.807) is 0 Å².